The molecule has 1 heterocycles. The normalized spacial score (nSPS) is 16.2. The maximum atomic E-state index is 12.4. The number of nitrogens with one attached hydrogen (secondary N) is 2. The topological polar surface area (TPSA) is 58.2 Å². The molecular weight excluding hydrogens is 344 g/mol. The molecule has 2 amide bonds. The van der Waals surface area contributed by atoms with Crippen molar-refractivity contribution in [1.29, 1.82) is 0 Å². The number of halogens is 1. The molecule has 2 aromatic rings. The fourth-order valence-corrected chi connectivity index (χ4v) is 3.43. The minimum Gasteiger partial charge on any atom is -0.351 e. The molecule has 0 aromatic heterocycles. The molecule has 0 saturated heterocycles. The fourth-order valence-electron chi connectivity index (χ4n) is 2.71. The number of fused-ring (bicyclic) bond motifs is 1. The molecule has 0 bridgehead atoms. The van der Waals surface area contributed by atoms with Crippen molar-refractivity contribution in [3.8, 4) is 0 Å². The van der Waals surface area contributed by atoms with E-state index >= 15 is 0 Å². The van der Waals surface area contributed by atoms with Crippen molar-refractivity contribution in [2.24, 2.45) is 5.92 Å². The maximum absolute atomic E-state index is 12.4. The van der Waals surface area contributed by atoms with Gasteiger partial charge in [0.15, 0.2) is 0 Å². The van der Waals surface area contributed by atoms with Gasteiger partial charge in [-0.2, -0.15) is 0 Å². The van der Waals surface area contributed by atoms with Gasteiger partial charge in [-0.05, 0) is 42.0 Å². The lowest BCUT2D eigenvalue weighted by molar-refractivity contribution is -0.132. The number of rotatable bonds is 4. The summed E-state index contributed by atoms with van der Waals surface area (Å²) in [5.41, 5.74) is 2.76. The van der Waals surface area contributed by atoms with E-state index in [1.807, 2.05) is 36.6 Å². The predicted octanol–water partition coefficient (Wildman–Crippen LogP) is 3.49. The SMILES string of the molecule is CSc1cccc2c1NC(=O)C(C(=O)NCc1ccc(Cl)cc1)C2. The zero-order valence-corrected chi connectivity index (χ0v) is 14.7. The van der Waals surface area contributed by atoms with Gasteiger partial charge in [0.2, 0.25) is 11.8 Å². The maximum Gasteiger partial charge on any atom is 0.237 e. The van der Waals surface area contributed by atoms with E-state index in [2.05, 4.69) is 10.6 Å². The summed E-state index contributed by atoms with van der Waals surface area (Å²) in [4.78, 5) is 25.7. The lowest BCUT2D eigenvalue weighted by Gasteiger charge is -2.25. The Kier molecular flexibility index (Phi) is 5.11. The fraction of sp³-hybridized carbons (Fsp3) is 0.222. The van der Waals surface area contributed by atoms with Crippen LogP contribution in [0.2, 0.25) is 5.02 Å². The summed E-state index contributed by atoms with van der Waals surface area (Å²) in [6, 6.07) is 13.1. The van der Waals surface area contributed by atoms with Crippen LogP contribution in [0.25, 0.3) is 0 Å². The van der Waals surface area contributed by atoms with Crippen LogP contribution in [0.15, 0.2) is 47.4 Å². The van der Waals surface area contributed by atoms with Crippen LogP contribution in [0.5, 0.6) is 0 Å². The lowest BCUT2D eigenvalue weighted by atomic mass is 9.92. The summed E-state index contributed by atoms with van der Waals surface area (Å²) < 4.78 is 0. The molecule has 24 heavy (non-hydrogen) atoms. The van der Waals surface area contributed by atoms with E-state index in [0.717, 1.165) is 21.7 Å². The van der Waals surface area contributed by atoms with E-state index in [9.17, 15) is 9.59 Å². The molecule has 0 radical (unpaired) electrons. The zero-order valence-electron chi connectivity index (χ0n) is 13.1. The van der Waals surface area contributed by atoms with E-state index < -0.39 is 5.92 Å². The smallest absolute Gasteiger partial charge is 0.237 e. The van der Waals surface area contributed by atoms with Gasteiger partial charge in [0.1, 0.15) is 5.92 Å². The van der Waals surface area contributed by atoms with E-state index in [0.29, 0.717) is 18.0 Å². The van der Waals surface area contributed by atoms with Crippen LogP contribution in [-0.2, 0) is 22.6 Å². The Labute approximate surface area is 150 Å². The summed E-state index contributed by atoms with van der Waals surface area (Å²) in [6.07, 6.45) is 2.38. The van der Waals surface area contributed by atoms with Gasteiger partial charge < -0.3 is 10.6 Å². The van der Waals surface area contributed by atoms with E-state index in [1.165, 1.54) is 0 Å². The molecule has 0 fully saturated rings. The van der Waals surface area contributed by atoms with Crippen LogP contribution in [-0.4, -0.2) is 18.1 Å². The number of para-hydroxylation sites is 1. The molecule has 0 aliphatic carbocycles. The van der Waals surface area contributed by atoms with Gasteiger partial charge in [-0.3, -0.25) is 9.59 Å². The number of anilines is 1. The second kappa shape index (κ2) is 7.28. The minimum atomic E-state index is -0.707. The highest BCUT2D eigenvalue weighted by atomic mass is 35.5. The van der Waals surface area contributed by atoms with E-state index in [4.69, 9.17) is 11.6 Å². The molecule has 1 atom stereocenters. The van der Waals surface area contributed by atoms with Crippen LogP contribution < -0.4 is 10.6 Å². The van der Waals surface area contributed by atoms with Crippen molar-refractivity contribution in [1.82, 2.24) is 5.32 Å². The second-order valence-corrected chi connectivity index (χ2v) is 6.87. The number of carbonyl (C=O) groups excluding carboxylic acids is 2. The first-order chi connectivity index (χ1) is 11.6. The first kappa shape index (κ1) is 16.9. The van der Waals surface area contributed by atoms with Crippen molar-refractivity contribution in [3.63, 3.8) is 0 Å². The summed E-state index contributed by atoms with van der Waals surface area (Å²) in [6.45, 7) is 0.373. The highest BCUT2D eigenvalue weighted by Crippen LogP contribution is 2.34. The summed E-state index contributed by atoms with van der Waals surface area (Å²) in [5.74, 6) is -1.22. The molecule has 0 saturated carbocycles. The Hall–Kier alpha value is -1.98. The van der Waals surface area contributed by atoms with Crippen LogP contribution >= 0.6 is 23.4 Å². The van der Waals surface area contributed by atoms with Crippen molar-refractivity contribution in [3.05, 3.63) is 58.6 Å². The third-order valence-electron chi connectivity index (χ3n) is 4.02. The van der Waals surface area contributed by atoms with E-state index in [1.54, 1.807) is 23.9 Å². The van der Waals surface area contributed by atoms with Crippen molar-refractivity contribution in [2.75, 3.05) is 11.6 Å². The number of hydrogen-bond acceptors (Lipinski definition) is 3. The molecule has 4 nitrogen and oxygen atoms in total. The third kappa shape index (κ3) is 3.57. The van der Waals surface area contributed by atoms with Gasteiger partial charge in [0.25, 0.3) is 0 Å². The summed E-state index contributed by atoms with van der Waals surface area (Å²) >= 11 is 7.42. The Morgan fingerprint density at radius 1 is 1.29 bits per heavy atom. The first-order valence-corrected chi connectivity index (χ1v) is 9.17. The summed E-state index contributed by atoms with van der Waals surface area (Å²) in [5, 5.41) is 6.36. The van der Waals surface area contributed by atoms with Gasteiger partial charge >= 0.3 is 0 Å². The molecule has 0 spiro atoms. The molecule has 6 heteroatoms. The molecule has 2 aromatic carbocycles. The first-order valence-electron chi connectivity index (χ1n) is 7.57. The average Bonchev–Trinajstić information content (AvgIpc) is 2.60. The Morgan fingerprint density at radius 2 is 2.04 bits per heavy atom. The Morgan fingerprint density at radius 3 is 2.75 bits per heavy atom. The van der Waals surface area contributed by atoms with Gasteiger partial charge in [-0.1, -0.05) is 35.9 Å². The largest absolute Gasteiger partial charge is 0.351 e. The molecule has 3 rings (SSSR count). The van der Waals surface area contributed by atoms with Crippen LogP contribution in [0.1, 0.15) is 11.1 Å². The third-order valence-corrected chi connectivity index (χ3v) is 5.05. The van der Waals surface area contributed by atoms with Crippen LogP contribution in [0, 0.1) is 5.92 Å². The number of thioether (sulfide) groups is 1. The van der Waals surface area contributed by atoms with Crippen molar-refractivity contribution in [2.45, 2.75) is 17.9 Å². The Balaban J connectivity index is 1.69. The minimum absolute atomic E-state index is 0.252. The van der Waals surface area contributed by atoms with Gasteiger partial charge in [0, 0.05) is 16.5 Å². The number of hydrogen-bond donors (Lipinski definition) is 2. The molecule has 1 aliphatic heterocycles. The highest BCUT2D eigenvalue weighted by molar-refractivity contribution is 7.98. The molecule has 1 unspecified atom stereocenters. The van der Waals surface area contributed by atoms with E-state index in [-0.39, 0.29) is 11.8 Å². The van der Waals surface area contributed by atoms with Gasteiger partial charge in [0.05, 0.1) is 5.69 Å². The predicted molar refractivity (Wildman–Crippen MR) is 97.3 cm³/mol. The monoisotopic (exact) mass is 360 g/mol. The van der Waals surface area contributed by atoms with Gasteiger partial charge in [-0.15, -0.1) is 11.8 Å². The molecule has 124 valence electrons. The number of carbonyl (C=O) groups is 2. The van der Waals surface area contributed by atoms with Crippen molar-refractivity contribution < 1.29 is 9.59 Å². The standard InChI is InChI=1S/C18H17ClN2O2S/c1-24-15-4-2-3-12-9-14(18(23)21-16(12)15)17(22)20-10-11-5-7-13(19)8-6-11/h2-8,14H,9-10H2,1H3,(H,20,22)(H,21,23). The average molecular weight is 361 g/mol. The summed E-state index contributed by atoms with van der Waals surface area (Å²) in [7, 11) is 0. The lowest BCUT2D eigenvalue weighted by Crippen LogP contribution is -2.41. The quantitative estimate of drug-likeness (QED) is 0.648. The van der Waals surface area contributed by atoms with Crippen LogP contribution in [0.3, 0.4) is 0 Å². The molecule has 1 aliphatic rings. The zero-order chi connectivity index (χ0) is 17.1. The second-order valence-electron chi connectivity index (χ2n) is 5.58. The molecular formula is C18H17ClN2O2S. The number of amides is 2. The Bertz CT molecular complexity index is 777. The van der Waals surface area contributed by atoms with Crippen LogP contribution in [0.4, 0.5) is 5.69 Å². The number of benzene rings is 2. The molecule has 2 N–H and O–H groups in total. The van der Waals surface area contributed by atoms with Crippen molar-refractivity contribution >= 4 is 40.9 Å². The highest BCUT2D eigenvalue weighted by Gasteiger charge is 2.32. The van der Waals surface area contributed by atoms with Gasteiger partial charge in [-0.25, -0.2) is 0 Å².